The molecule has 2 aromatic rings. The van der Waals surface area contributed by atoms with Gasteiger partial charge in [0.05, 0.1) is 18.7 Å². The third-order valence-corrected chi connectivity index (χ3v) is 5.87. The maximum atomic E-state index is 12.6. The van der Waals surface area contributed by atoms with Crippen LogP contribution in [-0.2, 0) is 27.3 Å². The maximum Gasteiger partial charge on any atom is 0.234 e. The first-order valence-corrected chi connectivity index (χ1v) is 11.3. The summed E-state index contributed by atoms with van der Waals surface area (Å²) in [6.07, 6.45) is 0.214. The van der Waals surface area contributed by atoms with Crippen molar-refractivity contribution >= 4 is 34.2 Å². The number of anilines is 1. The van der Waals surface area contributed by atoms with Gasteiger partial charge in [-0.05, 0) is 5.56 Å². The molecule has 166 valence electrons. The number of hydrogen-bond donors (Lipinski definition) is 2. The fourth-order valence-corrected chi connectivity index (χ4v) is 3.89. The highest BCUT2D eigenvalue weighted by Gasteiger charge is 2.23. The summed E-state index contributed by atoms with van der Waals surface area (Å²) in [7, 11) is 0. The first-order valence-electron chi connectivity index (χ1n) is 10.5. The van der Waals surface area contributed by atoms with Crippen molar-refractivity contribution < 1.29 is 14.4 Å². The summed E-state index contributed by atoms with van der Waals surface area (Å²) in [6, 6.07) is 9.81. The number of carbonyl (C=O) groups excluding carboxylic acids is 3. The van der Waals surface area contributed by atoms with Crippen LogP contribution in [-0.4, -0.2) is 65.2 Å². The van der Waals surface area contributed by atoms with E-state index in [-0.39, 0.29) is 30.1 Å². The Morgan fingerprint density at radius 2 is 1.81 bits per heavy atom. The molecule has 0 spiro atoms. The Morgan fingerprint density at radius 3 is 2.48 bits per heavy atom. The van der Waals surface area contributed by atoms with Crippen molar-refractivity contribution in [3.05, 3.63) is 47.0 Å². The molecule has 3 rings (SSSR count). The first-order chi connectivity index (χ1) is 14.9. The molecule has 0 aliphatic carbocycles. The number of rotatable bonds is 8. The van der Waals surface area contributed by atoms with Crippen LogP contribution < -0.4 is 10.6 Å². The van der Waals surface area contributed by atoms with E-state index in [9.17, 15) is 14.4 Å². The highest BCUT2D eigenvalue weighted by atomic mass is 32.1. The number of piperazine rings is 1. The summed E-state index contributed by atoms with van der Waals surface area (Å²) < 4.78 is 0. The van der Waals surface area contributed by atoms with Crippen molar-refractivity contribution in [2.24, 2.45) is 5.92 Å². The summed E-state index contributed by atoms with van der Waals surface area (Å²) in [5.74, 6) is -0.204. The Labute approximate surface area is 186 Å². The van der Waals surface area contributed by atoms with Crippen LogP contribution in [0, 0.1) is 5.92 Å². The molecular weight excluding hydrogens is 414 g/mol. The average molecular weight is 444 g/mol. The Morgan fingerprint density at radius 1 is 1.10 bits per heavy atom. The van der Waals surface area contributed by atoms with Gasteiger partial charge in [0.1, 0.15) is 0 Å². The fraction of sp³-hybridized carbons (Fsp3) is 0.455. The third-order valence-electron chi connectivity index (χ3n) is 5.06. The van der Waals surface area contributed by atoms with Crippen LogP contribution in [0.15, 0.2) is 35.7 Å². The standard InChI is InChI=1S/C22H29N5O3S/c1-16(2)21(30)25-22-24-18(15-31-22)12-20(29)27-10-8-26(9-11-27)14-19(28)23-13-17-6-4-3-5-7-17/h3-7,15-16H,8-14H2,1-2H3,(H,23,28)(H,24,25,30). The van der Waals surface area contributed by atoms with Crippen LogP contribution in [0.4, 0.5) is 5.13 Å². The van der Waals surface area contributed by atoms with Crippen LogP contribution >= 0.6 is 11.3 Å². The van der Waals surface area contributed by atoms with Gasteiger partial charge in [-0.1, -0.05) is 44.2 Å². The second-order valence-electron chi connectivity index (χ2n) is 7.88. The van der Waals surface area contributed by atoms with Crippen molar-refractivity contribution in [1.29, 1.82) is 0 Å². The van der Waals surface area contributed by atoms with E-state index in [0.29, 0.717) is 50.1 Å². The maximum absolute atomic E-state index is 12.6. The van der Waals surface area contributed by atoms with Crippen molar-refractivity contribution in [3.8, 4) is 0 Å². The summed E-state index contributed by atoms with van der Waals surface area (Å²) in [5, 5.41) is 8.02. The van der Waals surface area contributed by atoms with Gasteiger partial charge in [0.25, 0.3) is 0 Å². The molecular formula is C22H29N5O3S. The highest BCUT2D eigenvalue weighted by molar-refractivity contribution is 7.13. The smallest absolute Gasteiger partial charge is 0.234 e. The van der Waals surface area contributed by atoms with E-state index < -0.39 is 0 Å². The second-order valence-corrected chi connectivity index (χ2v) is 8.74. The number of nitrogens with zero attached hydrogens (tertiary/aromatic N) is 3. The zero-order chi connectivity index (χ0) is 22.2. The summed E-state index contributed by atoms with van der Waals surface area (Å²) >= 11 is 1.33. The number of thiazole rings is 1. The molecule has 1 aromatic carbocycles. The van der Waals surface area contributed by atoms with E-state index >= 15 is 0 Å². The number of hydrogen-bond acceptors (Lipinski definition) is 6. The van der Waals surface area contributed by atoms with Crippen LogP contribution in [0.5, 0.6) is 0 Å². The molecule has 1 aliphatic heterocycles. The van der Waals surface area contributed by atoms with Crippen molar-refractivity contribution in [1.82, 2.24) is 20.1 Å². The molecule has 0 atom stereocenters. The van der Waals surface area contributed by atoms with Gasteiger partial charge in [-0.2, -0.15) is 0 Å². The highest BCUT2D eigenvalue weighted by Crippen LogP contribution is 2.17. The van der Waals surface area contributed by atoms with E-state index in [1.165, 1.54) is 11.3 Å². The Hall–Kier alpha value is -2.78. The van der Waals surface area contributed by atoms with Gasteiger partial charge >= 0.3 is 0 Å². The zero-order valence-corrected chi connectivity index (χ0v) is 18.8. The topological polar surface area (TPSA) is 94.6 Å². The lowest BCUT2D eigenvalue weighted by Crippen LogP contribution is -2.51. The fourth-order valence-electron chi connectivity index (χ4n) is 3.17. The molecule has 0 bridgehead atoms. The molecule has 0 unspecified atom stereocenters. The van der Waals surface area contributed by atoms with Crippen LogP contribution in [0.2, 0.25) is 0 Å². The molecule has 1 fully saturated rings. The minimum absolute atomic E-state index is 0.0120. The van der Waals surface area contributed by atoms with E-state index in [1.54, 1.807) is 5.38 Å². The van der Waals surface area contributed by atoms with Crippen molar-refractivity contribution in [2.45, 2.75) is 26.8 Å². The number of amides is 3. The Kier molecular flexibility index (Phi) is 8.13. The first kappa shape index (κ1) is 22.9. The van der Waals surface area contributed by atoms with E-state index in [2.05, 4.69) is 20.5 Å². The molecule has 1 aromatic heterocycles. The molecule has 0 saturated carbocycles. The average Bonchev–Trinajstić information content (AvgIpc) is 3.20. The van der Waals surface area contributed by atoms with Crippen LogP contribution in [0.1, 0.15) is 25.1 Å². The number of aromatic nitrogens is 1. The molecule has 31 heavy (non-hydrogen) atoms. The lowest BCUT2D eigenvalue weighted by Gasteiger charge is -2.34. The lowest BCUT2D eigenvalue weighted by atomic mass is 10.2. The predicted molar refractivity (Wildman–Crippen MR) is 121 cm³/mol. The molecule has 9 heteroatoms. The third kappa shape index (κ3) is 7.15. The van der Waals surface area contributed by atoms with Gasteiger partial charge in [0.2, 0.25) is 17.7 Å². The number of carbonyl (C=O) groups is 3. The van der Waals surface area contributed by atoms with Gasteiger partial charge in [0, 0.05) is 44.0 Å². The summed E-state index contributed by atoms with van der Waals surface area (Å²) in [4.78, 5) is 44.8. The summed E-state index contributed by atoms with van der Waals surface area (Å²) in [6.45, 7) is 7.00. The molecule has 2 N–H and O–H groups in total. The zero-order valence-electron chi connectivity index (χ0n) is 18.0. The minimum Gasteiger partial charge on any atom is -0.351 e. The molecule has 3 amide bonds. The lowest BCUT2D eigenvalue weighted by molar-refractivity contribution is -0.132. The second kappa shape index (κ2) is 11.0. The molecule has 0 radical (unpaired) electrons. The number of benzene rings is 1. The molecule has 2 heterocycles. The van der Waals surface area contributed by atoms with Crippen LogP contribution in [0.3, 0.4) is 0 Å². The summed E-state index contributed by atoms with van der Waals surface area (Å²) in [5.41, 5.74) is 1.73. The van der Waals surface area contributed by atoms with Gasteiger partial charge in [-0.15, -0.1) is 11.3 Å². The Balaban J connectivity index is 1.38. The van der Waals surface area contributed by atoms with Gasteiger partial charge in [-0.3, -0.25) is 19.3 Å². The van der Waals surface area contributed by atoms with Crippen LogP contribution in [0.25, 0.3) is 0 Å². The normalized spacial score (nSPS) is 14.5. The van der Waals surface area contributed by atoms with Gasteiger partial charge in [0.15, 0.2) is 5.13 Å². The SMILES string of the molecule is CC(C)C(=O)Nc1nc(CC(=O)N2CCN(CC(=O)NCc3ccccc3)CC2)cs1. The monoisotopic (exact) mass is 443 g/mol. The predicted octanol–water partition coefficient (Wildman–Crippen LogP) is 1.74. The van der Waals surface area contributed by atoms with Gasteiger partial charge in [-0.25, -0.2) is 4.98 Å². The number of nitrogens with one attached hydrogen (secondary N) is 2. The van der Waals surface area contributed by atoms with E-state index in [0.717, 1.165) is 5.56 Å². The Bertz CT molecular complexity index is 892. The van der Waals surface area contributed by atoms with Gasteiger partial charge < -0.3 is 15.5 Å². The largest absolute Gasteiger partial charge is 0.351 e. The molecule has 1 aliphatic rings. The van der Waals surface area contributed by atoms with E-state index in [1.807, 2.05) is 49.1 Å². The van der Waals surface area contributed by atoms with E-state index in [4.69, 9.17) is 0 Å². The van der Waals surface area contributed by atoms with Crippen molar-refractivity contribution in [2.75, 3.05) is 38.0 Å². The quantitative estimate of drug-likeness (QED) is 0.648. The van der Waals surface area contributed by atoms with Crippen molar-refractivity contribution in [3.63, 3.8) is 0 Å². The minimum atomic E-state index is -0.120. The molecule has 8 nitrogen and oxygen atoms in total. The molecule has 1 saturated heterocycles.